The minimum absolute atomic E-state index is 0.0282. The SMILES string of the molecule is CC(O)COC(=O)Nc1c(I)c(C(=O)NCC(O)CO)c(I)c(C(=O)NCC(O)CO)c1I. The number of rotatable bonds is 11. The van der Waals surface area contributed by atoms with E-state index in [4.69, 9.17) is 14.9 Å². The van der Waals surface area contributed by atoms with Crippen LogP contribution in [0.5, 0.6) is 0 Å². The topological polar surface area (TPSA) is 198 Å². The summed E-state index contributed by atoms with van der Waals surface area (Å²) in [6.45, 7) is -0.484. The van der Waals surface area contributed by atoms with E-state index >= 15 is 0 Å². The van der Waals surface area contributed by atoms with Crippen molar-refractivity contribution in [1.82, 2.24) is 10.6 Å². The van der Waals surface area contributed by atoms with Gasteiger partial charge in [0.05, 0.1) is 55.5 Å². The van der Waals surface area contributed by atoms with Crippen molar-refractivity contribution in [3.8, 4) is 0 Å². The molecular formula is C18H24I3N3O9. The number of hydrogen-bond donors (Lipinski definition) is 8. The van der Waals surface area contributed by atoms with Crippen LogP contribution < -0.4 is 16.0 Å². The molecule has 0 bridgehead atoms. The Hall–Kier alpha value is -0.580. The number of carbonyl (C=O) groups is 3. The number of amides is 3. The van der Waals surface area contributed by atoms with E-state index in [0.29, 0.717) is 0 Å². The van der Waals surface area contributed by atoms with Gasteiger partial charge in [0, 0.05) is 16.7 Å². The van der Waals surface area contributed by atoms with Crippen LogP contribution in [0.3, 0.4) is 0 Å². The number of aliphatic hydroxyl groups is 5. The third-order valence-corrected chi connectivity index (χ3v) is 7.11. The van der Waals surface area contributed by atoms with Gasteiger partial charge in [-0.2, -0.15) is 0 Å². The monoisotopic (exact) mass is 807 g/mol. The second kappa shape index (κ2) is 14.7. The Balaban J connectivity index is 3.45. The molecule has 0 aromatic heterocycles. The molecule has 8 N–H and O–H groups in total. The fraction of sp³-hybridized carbons (Fsp3) is 0.500. The lowest BCUT2D eigenvalue weighted by Gasteiger charge is -2.20. The predicted molar refractivity (Wildman–Crippen MR) is 142 cm³/mol. The molecule has 0 aliphatic rings. The van der Waals surface area contributed by atoms with Crippen LogP contribution in [0, 0.1) is 10.7 Å². The Kier molecular flexibility index (Phi) is 13.6. The zero-order valence-electron chi connectivity index (χ0n) is 17.3. The highest BCUT2D eigenvalue weighted by Gasteiger charge is 2.29. The van der Waals surface area contributed by atoms with E-state index in [1.54, 1.807) is 22.6 Å². The summed E-state index contributed by atoms with van der Waals surface area (Å²) in [4.78, 5) is 37.9. The van der Waals surface area contributed by atoms with Crippen molar-refractivity contribution < 1.29 is 44.7 Å². The minimum atomic E-state index is -1.19. The normalized spacial score (nSPS) is 13.6. The molecule has 0 spiro atoms. The fourth-order valence-corrected chi connectivity index (χ4v) is 6.65. The summed E-state index contributed by atoms with van der Waals surface area (Å²) in [7, 11) is 0. The Labute approximate surface area is 230 Å². The molecule has 0 saturated carbocycles. The number of hydrogen-bond acceptors (Lipinski definition) is 9. The first-order valence-electron chi connectivity index (χ1n) is 9.40. The maximum Gasteiger partial charge on any atom is 0.411 e. The molecule has 0 radical (unpaired) electrons. The van der Waals surface area contributed by atoms with Crippen molar-refractivity contribution in [2.75, 3.05) is 38.2 Å². The molecule has 12 nitrogen and oxygen atoms in total. The largest absolute Gasteiger partial charge is 0.447 e. The number of nitrogens with one attached hydrogen (secondary N) is 3. The zero-order chi connectivity index (χ0) is 25.3. The van der Waals surface area contributed by atoms with Gasteiger partial charge in [0.2, 0.25) is 0 Å². The van der Waals surface area contributed by atoms with E-state index in [1.807, 2.05) is 45.2 Å². The summed E-state index contributed by atoms with van der Waals surface area (Å²) in [5, 5.41) is 53.7. The van der Waals surface area contributed by atoms with E-state index in [0.717, 1.165) is 0 Å². The number of halogens is 3. The lowest BCUT2D eigenvalue weighted by Crippen LogP contribution is -2.37. The highest BCUT2D eigenvalue weighted by molar-refractivity contribution is 14.1. The smallest absolute Gasteiger partial charge is 0.411 e. The zero-order valence-corrected chi connectivity index (χ0v) is 23.7. The molecule has 1 rings (SSSR count). The van der Waals surface area contributed by atoms with Gasteiger partial charge in [-0.05, 0) is 74.7 Å². The second-order valence-corrected chi connectivity index (χ2v) is 9.97. The van der Waals surface area contributed by atoms with Crippen molar-refractivity contribution in [2.45, 2.75) is 25.2 Å². The third-order valence-electron chi connectivity index (χ3n) is 3.87. The Morgan fingerprint density at radius 2 is 1.27 bits per heavy atom. The Morgan fingerprint density at radius 3 is 1.64 bits per heavy atom. The maximum absolute atomic E-state index is 12.9. The van der Waals surface area contributed by atoms with Crippen molar-refractivity contribution in [2.24, 2.45) is 0 Å². The number of anilines is 1. The number of aliphatic hydroxyl groups excluding tert-OH is 5. The summed E-state index contributed by atoms with van der Waals surface area (Å²) >= 11 is 5.44. The van der Waals surface area contributed by atoms with Gasteiger partial charge in [-0.1, -0.05) is 0 Å². The maximum atomic E-state index is 12.9. The van der Waals surface area contributed by atoms with Crippen LogP contribution in [0.2, 0.25) is 0 Å². The lowest BCUT2D eigenvalue weighted by molar-refractivity contribution is 0.0798. The highest BCUT2D eigenvalue weighted by atomic mass is 127. The van der Waals surface area contributed by atoms with Gasteiger partial charge >= 0.3 is 6.09 Å². The predicted octanol–water partition coefficient (Wildman–Crippen LogP) is -0.404. The van der Waals surface area contributed by atoms with Crippen molar-refractivity contribution >= 4 is 91.4 Å². The molecule has 3 unspecified atom stereocenters. The second-order valence-electron chi connectivity index (χ2n) is 6.73. The van der Waals surface area contributed by atoms with Crippen molar-refractivity contribution in [3.63, 3.8) is 0 Å². The standard InChI is InChI=1S/C18H24I3N3O9/c1-7(27)6-33-18(32)24-15-13(20)10(16(30)22-2-8(28)4-25)12(19)11(14(15)21)17(31)23-3-9(29)5-26/h7-9,25-29H,2-6H2,1H3,(H,22,30)(H,23,31)(H,24,32). The lowest BCUT2D eigenvalue weighted by atomic mass is 10.1. The molecule has 0 fully saturated rings. The molecular weight excluding hydrogens is 783 g/mol. The first-order chi connectivity index (χ1) is 15.4. The number of ether oxygens (including phenoxy) is 1. The van der Waals surface area contributed by atoms with Gasteiger partial charge in [0.1, 0.15) is 6.61 Å². The van der Waals surface area contributed by atoms with Crippen LogP contribution in [-0.2, 0) is 4.74 Å². The Morgan fingerprint density at radius 1 is 0.848 bits per heavy atom. The molecule has 186 valence electrons. The number of carbonyl (C=O) groups excluding carboxylic acids is 3. The summed E-state index contributed by atoms with van der Waals surface area (Å²) < 4.78 is 5.69. The van der Waals surface area contributed by atoms with Crippen LogP contribution in [0.15, 0.2) is 0 Å². The van der Waals surface area contributed by atoms with Gasteiger partial charge in [0.15, 0.2) is 0 Å². The van der Waals surface area contributed by atoms with Crippen LogP contribution in [-0.4, -0.2) is 94.7 Å². The van der Waals surface area contributed by atoms with Gasteiger partial charge < -0.3 is 40.9 Å². The van der Waals surface area contributed by atoms with E-state index in [1.165, 1.54) is 6.92 Å². The molecule has 0 heterocycles. The molecule has 0 aliphatic heterocycles. The van der Waals surface area contributed by atoms with E-state index in [-0.39, 0.29) is 47.2 Å². The first kappa shape index (κ1) is 30.5. The van der Waals surface area contributed by atoms with E-state index in [2.05, 4.69) is 16.0 Å². The molecule has 1 aromatic rings. The molecule has 0 aliphatic carbocycles. The highest BCUT2D eigenvalue weighted by Crippen LogP contribution is 2.36. The number of benzene rings is 1. The minimum Gasteiger partial charge on any atom is -0.447 e. The molecule has 1 aromatic carbocycles. The van der Waals surface area contributed by atoms with Crippen LogP contribution in [0.4, 0.5) is 10.5 Å². The summed E-state index contributed by atoms with van der Waals surface area (Å²) in [5.74, 6) is -1.34. The molecule has 15 heteroatoms. The quantitative estimate of drug-likeness (QED) is 0.137. The summed E-state index contributed by atoms with van der Waals surface area (Å²) in [5.41, 5.74) is 0.161. The molecule has 0 saturated heterocycles. The van der Waals surface area contributed by atoms with Gasteiger partial charge in [-0.25, -0.2) is 4.79 Å². The van der Waals surface area contributed by atoms with Crippen LogP contribution >= 0.6 is 67.8 Å². The van der Waals surface area contributed by atoms with Gasteiger partial charge in [-0.15, -0.1) is 0 Å². The van der Waals surface area contributed by atoms with Gasteiger partial charge in [0.25, 0.3) is 11.8 Å². The molecule has 3 atom stereocenters. The van der Waals surface area contributed by atoms with E-state index in [9.17, 15) is 29.7 Å². The summed E-state index contributed by atoms with van der Waals surface area (Å²) in [6.07, 6.45) is -4.20. The van der Waals surface area contributed by atoms with Gasteiger partial charge in [-0.3, -0.25) is 14.9 Å². The Bertz CT molecular complexity index is 817. The third kappa shape index (κ3) is 9.18. The van der Waals surface area contributed by atoms with Crippen LogP contribution in [0.25, 0.3) is 0 Å². The van der Waals surface area contributed by atoms with E-state index < -0.39 is 49.4 Å². The average Bonchev–Trinajstić information content (AvgIpc) is 2.76. The van der Waals surface area contributed by atoms with Crippen LogP contribution in [0.1, 0.15) is 27.6 Å². The van der Waals surface area contributed by atoms with Crippen molar-refractivity contribution in [1.29, 1.82) is 0 Å². The summed E-state index contributed by atoms with van der Waals surface area (Å²) in [6, 6.07) is 0. The molecule has 33 heavy (non-hydrogen) atoms. The first-order valence-corrected chi connectivity index (χ1v) is 12.6. The fourth-order valence-electron chi connectivity index (χ4n) is 2.23. The van der Waals surface area contributed by atoms with Crippen molar-refractivity contribution in [3.05, 3.63) is 21.8 Å². The average molecular weight is 807 g/mol. The molecule has 3 amide bonds.